The van der Waals surface area contributed by atoms with Crippen molar-refractivity contribution in [3.63, 3.8) is 0 Å². The summed E-state index contributed by atoms with van der Waals surface area (Å²) in [6.07, 6.45) is 1.35. The van der Waals surface area contributed by atoms with E-state index in [1.807, 2.05) is 31.2 Å². The molecule has 0 aliphatic heterocycles. The Labute approximate surface area is 156 Å². The molecule has 0 radical (unpaired) electrons. The number of carbonyl (C=O) groups excluding carboxylic acids is 2. The average Bonchev–Trinajstić information content (AvgIpc) is 3.08. The number of benzene rings is 2. The van der Waals surface area contributed by atoms with Crippen LogP contribution in [0, 0.1) is 6.92 Å². The summed E-state index contributed by atoms with van der Waals surface area (Å²) in [4.78, 5) is 23.9. The molecule has 7 heteroatoms. The third-order valence-corrected chi connectivity index (χ3v) is 4.16. The number of amides is 1. The Balaban J connectivity index is 1.69. The Hall–Kier alpha value is -3.61. The van der Waals surface area contributed by atoms with Gasteiger partial charge >= 0.3 is 5.97 Å². The van der Waals surface area contributed by atoms with Crippen LogP contribution in [0.5, 0.6) is 0 Å². The summed E-state index contributed by atoms with van der Waals surface area (Å²) >= 11 is 0. The van der Waals surface area contributed by atoms with Gasteiger partial charge in [0.25, 0.3) is 5.91 Å². The van der Waals surface area contributed by atoms with Crippen molar-refractivity contribution in [2.24, 2.45) is 0 Å². The lowest BCUT2D eigenvalue weighted by Crippen LogP contribution is -2.22. The van der Waals surface area contributed by atoms with Gasteiger partial charge in [0.05, 0.1) is 19.0 Å². The van der Waals surface area contributed by atoms with Gasteiger partial charge in [0, 0.05) is 12.1 Å². The number of aryl methyl sites for hydroxylation is 1. The Morgan fingerprint density at radius 1 is 1.11 bits per heavy atom. The second-order valence-electron chi connectivity index (χ2n) is 6.06. The summed E-state index contributed by atoms with van der Waals surface area (Å²) in [5, 5.41) is 6.99. The van der Waals surface area contributed by atoms with Gasteiger partial charge in [-0.25, -0.2) is 9.48 Å². The fraction of sp³-hybridized carbons (Fsp3) is 0.150. The molecule has 0 spiro atoms. The van der Waals surface area contributed by atoms with E-state index in [4.69, 9.17) is 5.73 Å². The van der Waals surface area contributed by atoms with Gasteiger partial charge in [-0.3, -0.25) is 4.79 Å². The molecule has 1 aromatic heterocycles. The zero-order valence-electron chi connectivity index (χ0n) is 15.1. The van der Waals surface area contributed by atoms with Crippen molar-refractivity contribution in [3.05, 3.63) is 77.0 Å². The predicted octanol–water partition coefficient (Wildman–Crippen LogP) is 2.48. The topological polar surface area (TPSA) is 99.2 Å². The molecule has 0 saturated heterocycles. The second-order valence-corrected chi connectivity index (χ2v) is 6.06. The SMILES string of the molecule is COC(=O)c1cnn(-c2ccc(C(=O)NCc3ccc(C)cc3)cc2)c1N. The quantitative estimate of drug-likeness (QED) is 0.678. The molecule has 3 N–H and O–H groups in total. The number of hydrogen-bond donors (Lipinski definition) is 2. The smallest absolute Gasteiger partial charge is 0.343 e. The van der Waals surface area contributed by atoms with Crippen molar-refractivity contribution in [2.75, 3.05) is 12.8 Å². The highest BCUT2D eigenvalue weighted by atomic mass is 16.5. The van der Waals surface area contributed by atoms with Crippen molar-refractivity contribution in [1.29, 1.82) is 0 Å². The zero-order valence-corrected chi connectivity index (χ0v) is 15.1. The summed E-state index contributed by atoms with van der Waals surface area (Å²) in [6, 6.07) is 14.8. The van der Waals surface area contributed by atoms with E-state index >= 15 is 0 Å². The lowest BCUT2D eigenvalue weighted by Gasteiger charge is -2.08. The maximum absolute atomic E-state index is 12.3. The molecule has 7 nitrogen and oxygen atoms in total. The highest BCUT2D eigenvalue weighted by Crippen LogP contribution is 2.18. The lowest BCUT2D eigenvalue weighted by molar-refractivity contribution is 0.0601. The predicted molar refractivity (Wildman–Crippen MR) is 102 cm³/mol. The largest absolute Gasteiger partial charge is 0.465 e. The van der Waals surface area contributed by atoms with Crippen LogP contribution in [0.2, 0.25) is 0 Å². The number of rotatable bonds is 5. The highest BCUT2D eigenvalue weighted by molar-refractivity contribution is 5.95. The fourth-order valence-corrected chi connectivity index (χ4v) is 2.58. The number of carbonyl (C=O) groups is 2. The number of nitrogen functional groups attached to an aromatic ring is 1. The summed E-state index contributed by atoms with van der Waals surface area (Å²) in [7, 11) is 1.28. The number of nitrogens with one attached hydrogen (secondary N) is 1. The van der Waals surface area contributed by atoms with E-state index < -0.39 is 5.97 Å². The van der Waals surface area contributed by atoms with Crippen LogP contribution in [0.15, 0.2) is 54.7 Å². The van der Waals surface area contributed by atoms with Crippen molar-refractivity contribution in [3.8, 4) is 5.69 Å². The normalized spacial score (nSPS) is 10.4. The summed E-state index contributed by atoms with van der Waals surface area (Å²) in [5.74, 6) is -0.546. The monoisotopic (exact) mass is 364 g/mol. The van der Waals surface area contributed by atoms with Crippen molar-refractivity contribution < 1.29 is 14.3 Å². The summed E-state index contributed by atoms with van der Waals surface area (Å²) < 4.78 is 6.08. The number of anilines is 1. The van der Waals surface area contributed by atoms with Gasteiger partial charge in [0.1, 0.15) is 11.4 Å². The molecule has 27 heavy (non-hydrogen) atoms. The van der Waals surface area contributed by atoms with Crippen molar-refractivity contribution in [2.45, 2.75) is 13.5 Å². The zero-order chi connectivity index (χ0) is 19.4. The number of aromatic nitrogens is 2. The maximum Gasteiger partial charge on any atom is 0.343 e. The molecule has 0 atom stereocenters. The van der Waals surface area contributed by atoms with E-state index in [-0.39, 0.29) is 17.3 Å². The number of nitrogens with zero attached hydrogens (tertiary/aromatic N) is 2. The fourth-order valence-electron chi connectivity index (χ4n) is 2.58. The van der Waals surface area contributed by atoms with Gasteiger partial charge in [-0.15, -0.1) is 0 Å². The first-order valence-electron chi connectivity index (χ1n) is 8.35. The molecule has 1 heterocycles. The van der Waals surface area contributed by atoms with Crippen LogP contribution in [0.3, 0.4) is 0 Å². The molecule has 3 rings (SSSR count). The van der Waals surface area contributed by atoms with Crippen LogP contribution >= 0.6 is 0 Å². The first kappa shape index (κ1) is 18.2. The number of esters is 1. The van der Waals surface area contributed by atoms with Crippen molar-refractivity contribution >= 4 is 17.7 Å². The molecule has 0 bridgehead atoms. The lowest BCUT2D eigenvalue weighted by atomic mass is 10.1. The van der Waals surface area contributed by atoms with Gasteiger partial charge in [-0.2, -0.15) is 5.10 Å². The van der Waals surface area contributed by atoms with Crippen molar-refractivity contribution in [1.82, 2.24) is 15.1 Å². The Morgan fingerprint density at radius 2 is 1.78 bits per heavy atom. The number of methoxy groups -OCH3 is 1. The summed E-state index contributed by atoms with van der Waals surface area (Å²) in [5.41, 5.74) is 9.51. The maximum atomic E-state index is 12.3. The van der Waals surface area contributed by atoms with Crippen LogP contribution in [0.1, 0.15) is 31.8 Å². The van der Waals surface area contributed by atoms with Gasteiger partial charge in [-0.1, -0.05) is 29.8 Å². The number of hydrogen-bond acceptors (Lipinski definition) is 5. The molecule has 0 aliphatic rings. The molecule has 0 saturated carbocycles. The molecule has 3 aromatic rings. The minimum Gasteiger partial charge on any atom is -0.465 e. The molecule has 0 unspecified atom stereocenters. The third-order valence-electron chi connectivity index (χ3n) is 4.16. The molecule has 2 aromatic carbocycles. The van der Waals surface area contributed by atoms with E-state index in [1.165, 1.54) is 23.6 Å². The molecule has 1 amide bonds. The number of nitrogens with two attached hydrogens (primary N) is 1. The van der Waals surface area contributed by atoms with E-state index in [9.17, 15) is 9.59 Å². The molecular formula is C20H20N4O3. The van der Waals surface area contributed by atoms with E-state index in [1.54, 1.807) is 24.3 Å². The van der Waals surface area contributed by atoms with Gasteiger partial charge < -0.3 is 15.8 Å². The molecule has 138 valence electrons. The van der Waals surface area contributed by atoms with E-state index in [0.717, 1.165) is 5.56 Å². The van der Waals surface area contributed by atoms with E-state index in [2.05, 4.69) is 15.2 Å². The molecule has 0 fully saturated rings. The van der Waals surface area contributed by atoms with Crippen LogP contribution in [0.4, 0.5) is 5.82 Å². The first-order chi connectivity index (χ1) is 13.0. The van der Waals surface area contributed by atoms with Gasteiger partial charge in [0.2, 0.25) is 0 Å². The second kappa shape index (κ2) is 7.74. The molecule has 0 aliphatic carbocycles. The Morgan fingerprint density at radius 3 is 2.41 bits per heavy atom. The molecular weight excluding hydrogens is 344 g/mol. The third kappa shape index (κ3) is 3.98. The van der Waals surface area contributed by atoms with Crippen LogP contribution in [-0.4, -0.2) is 28.8 Å². The summed E-state index contributed by atoms with van der Waals surface area (Å²) in [6.45, 7) is 2.47. The number of ether oxygens (including phenoxy) is 1. The minimum absolute atomic E-state index is 0.175. The van der Waals surface area contributed by atoms with Gasteiger partial charge in [0.15, 0.2) is 0 Å². The minimum atomic E-state index is -0.550. The highest BCUT2D eigenvalue weighted by Gasteiger charge is 2.16. The van der Waals surface area contributed by atoms with Crippen LogP contribution in [0.25, 0.3) is 5.69 Å². The van der Waals surface area contributed by atoms with E-state index in [0.29, 0.717) is 17.8 Å². The van der Waals surface area contributed by atoms with Gasteiger partial charge in [-0.05, 0) is 36.8 Å². The van der Waals surface area contributed by atoms with Crippen LogP contribution in [-0.2, 0) is 11.3 Å². The van der Waals surface area contributed by atoms with Crippen LogP contribution < -0.4 is 11.1 Å². The standard InChI is InChI=1S/C20H20N4O3/c1-13-3-5-14(6-4-13)11-22-19(25)15-7-9-16(10-8-15)24-18(21)17(12-23-24)20(26)27-2/h3-10,12H,11,21H2,1-2H3,(H,22,25). The average molecular weight is 364 g/mol. The Bertz CT molecular complexity index is 960. The Kier molecular flexibility index (Phi) is 5.21. The first-order valence-corrected chi connectivity index (χ1v) is 8.35.